The molecule has 3 aromatic rings. The van der Waals surface area contributed by atoms with E-state index in [0.29, 0.717) is 18.4 Å². The average molecular weight is 413 g/mol. The number of carbonyl (C=O) groups excluding carboxylic acids is 1. The van der Waals surface area contributed by atoms with Gasteiger partial charge in [0.15, 0.2) is 0 Å². The SMILES string of the molecule is CC[C@H](C)[C@H](N)CN(C(=O)[C@@H]1C[C@H]1c1ccccc1)c1ccc(-c2ccccc2)cc1. The number of carbonyl (C=O) groups is 1. The van der Waals surface area contributed by atoms with E-state index in [1.165, 1.54) is 11.1 Å². The second kappa shape index (κ2) is 9.49. The van der Waals surface area contributed by atoms with Crippen LogP contribution in [0.4, 0.5) is 5.69 Å². The van der Waals surface area contributed by atoms with Crippen LogP contribution >= 0.6 is 0 Å². The van der Waals surface area contributed by atoms with Crippen molar-refractivity contribution in [3.05, 3.63) is 90.5 Å². The molecule has 3 heteroatoms. The van der Waals surface area contributed by atoms with E-state index in [-0.39, 0.29) is 17.9 Å². The quantitative estimate of drug-likeness (QED) is 0.503. The molecule has 0 spiro atoms. The van der Waals surface area contributed by atoms with E-state index in [9.17, 15) is 4.79 Å². The first-order chi connectivity index (χ1) is 15.1. The predicted octanol–water partition coefficient (Wildman–Crippen LogP) is 5.86. The minimum absolute atomic E-state index is 0.0420. The first kappa shape index (κ1) is 21.3. The zero-order valence-corrected chi connectivity index (χ0v) is 18.4. The van der Waals surface area contributed by atoms with Crippen molar-refractivity contribution in [3.63, 3.8) is 0 Å². The highest BCUT2D eigenvalue weighted by Crippen LogP contribution is 2.48. The van der Waals surface area contributed by atoms with Crippen molar-refractivity contribution < 1.29 is 4.79 Å². The van der Waals surface area contributed by atoms with Gasteiger partial charge in [0.1, 0.15) is 0 Å². The summed E-state index contributed by atoms with van der Waals surface area (Å²) in [6.07, 6.45) is 1.92. The maximum absolute atomic E-state index is 13.6. The highest BCUT2D eigenvalue weighted by molar-refractivity contribution is 5.97. The topological polar surface area (TPSA) is 46.3 Å². The summed E-state index contributed by atoms with van der Waals surface area (Å²) in [5, 5.41) is 0. The van der Waals surface area contributed by atoms with Crippen molar-refractivity contribution in [2.45, 2.75) is 38.6 Å². The molecular formula is C28H32N2O. The Bertz CT molecular complexity index is 985. The first-order valence-electron chi connectivity index (χ1n) is 11.4. The normalized spacial score (nSPS) is 19.5. The highest BCUT2D eigenvalue weighted by Gasteiger charge is 2.46. The molecule has 0 heterocycles. The standard InChI is InChI=1S/C28H32N2O/c1-3-20(2)27(29)19-30(28(31)26-18-25(26)23-12-8-5-9-13-23)24-16-14-22(15-17-24)21-10-6-4-7-11-21/h4-17,20,25-27H,3,18-19,29H2,1-2H3/t20-,25-,26+,27+/m0/s1. The van der Waals surface area contributed by atoms with Gasteiger partial charge in [-0.3, -0.25) is 4.79 Å². The molecule has 1 aliphatic carbocycles. The number of hydrogen-bond acceptors (Lipinski definition) is 2. The Morgan fingerprint density at radius 2 is 1.52 bits per heavy atom. The molecule has 1 aliphatic rings. The van der Waals surface area contributed by atoms with Crippen LogP contribution in [0.15, 0.2) is 84.9 Å². The number of amides is 1. The van der Waals surface area contributed by atoms with Crippen LogP contribution in [0.1, 0.15) is 38.2 Å². The third-order valence-corrected chi connectivity index (χ3v) is 6.66. The summed E-state index contributed by atoms with van der Waals surface area (Å²) in [7, 11) is 0. The second-order valence-corrected chi connectivity index (χ2v) is 8.77. The van der Waals surface area contributed by atoms with E-state index in [1.54, 1.807) is 0 Å². The lowest BCUT2D eigenvalue weighted by Crippen LogP contribution is -2.45. The Kier molecular flexibility index (Phi) is 6.53. The monoisotopic (exact) mass is 412 g/mol. The molecular weight excluding hydrogens is 380 g/mol. The van der Waals surface area contributed by atoms with Crippen LogP contribution in [0.3, 0.4) is 0 Å². The fourth-order valence-electron chi connectivity index (χ4n) is 4.22. The average Bonchev–Trinajstić information content (AvgIpc) is 3.64. The Balaban J connectivity index is 1.56. The number of nitrogens with two attached hydrogens (primary N) is 1. The molecule has 4 rings (SSSR count). The molecule has 3 aromatic carbocycles. The van der Waals surface area contributed by atoms with Crippen LogP contribution in [0, 0.1) is 11.8 Å². The van der Waals surface area contributed by atoms with E-state index in [1.807, 2.05) is 41.3 Å². The number of anilines is 1. The van der Waals surface area contributed by atoms with Crippen LogP contribution in [0.5, 0.6) is 0 Å². The van der Waals surface area contributed by atoms with Crippen molar-refractivity contribution >= 4 is 11.6 Å². The van der Waals surface area contributed by atoms with E-state index in [4.69, 9.17) is 5.73 Å². The van der Waals surface area contributed by atoms with Crippen molar-refractivity contribution in [2.24, 2.45) is 17.6 Å². The number of rotatable bonds is 8. The van der Waals surface area contributed by atoms with Gasteiger partial charge >= 0.3 is 0 Å². The summed E-state index contributed by atoms with van der Waals surface area (Å²) >= 11 is 0. The van der Waals surface area contributed by atoms with E-state index >= 15 is 0 Å². The fourth-order valence-corrected chi connectivity index (χ4v) is 4.22. The van der Waals surface area contributed by atoms with Crippen molar-refractivity contribution in [1.82, 2.24) is 0 Å². The van der Waals surface area contributed by atoms with Crippen LogP contribution in [-0.2, 0) is 4.79 Å². The third kappa shape index (κ3) is 4.88. The van der Waals surface area contributed by atoms with Gasteiger partial charge in [0.05, 0.1) is 0 Å². The number of benzene rings is 3. The lowest BCUT2D eigenvalue weighted by Gasteiger charge is -2.29. The van der Waals surface area contributed by atoms with Crippen LogP contribution < -0.4 is 10.6 Å². The summed E-state index contributed by atoms with van der Waals surface area (Å²) < 4.78 is 0. The van der Waals surface area contributed by atoms with Gasteiger partial charge in [0, 0.05) is 24.2 Å². The second-order valence-electron chi connectivity index (χ2n) is 8.77. The molecule has 31 heavy (non-hydrogen) atoms. The summed E-state index contributed by atoms with van der Waals surface area (Å²) in [6, 6.07) is 29.0. The maximum atomic E-state index is 13.6. The molecule has 4 atom stereocenters. The summed E-state index contributed by atoms with van der Waals surface area (Å²) in [6.45, 7) is 4.87. The molecule has 1 fully saturated rings. The van der Waals surface area contributed by atoms with Crippen molar-refractivity contribution in [2.75, 3.05) is 11.4 Å². The molecule has 0 unspecified atom stereocenters. The van der Waals surface area contributed by atoms with Gasteiger partial charge in [-0.25, -0.2) is 0 Å². The van der Waals surface area contributed by atoms with Gasteiger partial charge < -0.3 is 10.6 Å². The van der Waals surface area contributed by atoms with E-state index in [2.05, 4.69) is 62.4 Å². The predicted molar refractivity (Wildman–Crippen MR) is 129 cm³/mol. The summed E-state index contributed by atoms with van der Waals surface area (Å²) in [5.41, 5.74) is 11.0. The maximum Gasteiger partial charge on any atom is 0.230 e. The Morgan fingerprint density at radius 3 is 2.13 bits per heavy atom. The van der Waals surface area contributed by atoms with Crippen LogP contribution in [0.25, 0.3) is 11.1 Å². The van der Waals surface area contributed by atoms with Gasteiger partial charge in [0.25, 0.3) is 0 Å². The lowest BCUT2D eigenvalue weighted by atomic mass is 9.98. The smallest absolute Gasteiger partial charge is 0.230 e. The van der Waals surface area contributed by atoms with Gasteiger partial charge in [-0.2, -0.15) is 0 Å². The molecule has 3 nitrogen and oxygen atoms in total. The Morgan fingerprint density at radius 1 is 0.935 bits per heavy atom. The molecule has 1 amide bonds. The van der Waals surface area contributed by atoms with Gasteiger partial charge in [-0.1, -0.05) is 93.1 Å². The van der Waals surface area contributed by atoms with Crippen LogP contribution in [-0.4, -0.2) is 18.5 Å². The highest BCUT2D eigenvalue weighted by atomic mass is 16.2. The molecule has 0 saturated heterocycles. The van der Waals surface area contributed by atoms with Gasteiger partial charge in [0.2, 0.25) is 5.91 Å². The van der Waals surface area contributed by atoms with E-state index in [0.717, 1.165) is 24.1 Å². The summed E-state index contributed by atoms with van der Waals surface area (Å²) in [4.78, 5) is 15.5. The fraction of sp³-hybridized carbons (Fsp3) is 0.321. The van der Waals surface area contributed by atoms with Gasteiger partial charge in [-0.15, -0.1) is 0 Å². The molecule has 0 aliphatic heterocycles. The Labute approximate surface area is 185 Å². The first-order valence-corrected chi connectivity index (χ1v) is 11.4. The minimum atomic E-state index is -0.0447. The van der Waals surface area contributed by atoms with Crippen LogP contribution in [0.2, 0.25) is 0 Å². The third-order valence-electron chi connectivity index (χ3n) is 6.66. The zero-order valence-electron chi connectivity index (χ0n) is 18.4. The van der Waals surface area contributed by atoms with Crippen molar-refractivity contribution in [1.29, 1.82) is 0 Å². The molecule has 0 aromatic heterocycles. The molecule has 1 saturated carbocycles. The zero-order chi connectivity index (χ0) is 21.8. The van der Waals surface area contributed by atoms with Gasteiger partial charge in [-0.05, 0) is 47.1 Å². The van der Waals surface area contributed by atoms with E-state index < -0.39 is 0 Å². The summed E-state index contributed by atoms with van der Waals surface area (Å²) in [5.74, 6) is 0.919. The number of hydrogen-bond donors (Lipinski definition) is 1. The lowest BCUT2D eigenvalue weighted by molar-refractivity contribution is -0.120. The number of nitrogens with zero attached hydrogens (tertiary/aromatic N) is 1. The molecule has 0 radical (unpaired) electrons. The molecule has 0 bridgehead atoms. The van der Waals surface area contributed by atoms with Crippen molar-refractivity contribution in [3.8, 4) is 11.1 Å². The Hall–Kier alpha value is -2.91. The largest absolute Gasteiger partial charge is 0.326 e. The molecule has 2 N–H and O–H groups in total. The molecule has 160 valence electrons. The minimum Gasteiger partial charge on any atom is -0.326 e.